The molecule has 8 rings (SSSR count). The van der Waals surface area contributed by atoms with Gasteiger partial charge in [-0.25, -0.2) is 4.90 Å². The van der Waals surface area contributed by atoms with Gasteiger partial charge in [-0.15, -0.1) is 0 Å². The quantitative estimate of drug-likeness (QED) is 0.172. The fourth-order valence-corrected chi connectivity index (χ4v) is 8.89. The molecule has 0 radical (unpaired) electrons. The molecule has 2 aliphatic carbocycles. The van der Waals surface area contributed by atoms with Crippen molar-refractivity contribution in [2.45, 2.75) is 10.8 Å². The van der Waals surface area contributed by atoms with Gasteiger partial charge in [-0.05, 0) is 69.8 Å². The van der Waals surface area contributed by atoms with Gasteiger partial charge in [0.1, 0.15) is 0 Å². The summed E-state index contributed by atoms with van der Waals surface area (Å²) < 4.78 is 0. The first kappa shape index (κ1) is 30.2. The van der Waals surface area contributed by atoms with Crippen molar-refractivity contribution in [2.24, 2.45) is 11.8 Å². The predicted octanol–water partition coefficient (Wildman–Crippen LogP) is 9.49. The summed E-state index contributed by atoms with van der Waals surface area (Å²) in [6, 6.07) is 38.1. The number of carbonyl (C=O) groups excluding carboxylic acids is 3. The highest BCUT2D eigenvalue weighted by atomic mass is 35.5. The molecule has 47 heavy (non-hydrogen) atoms. The van der Waals surface area contributed by atoms with E-state index in [1.54, 1.807) is 66.7 Å². The molecule has 4 atom stereocenters. The van der Waals surface area contributed by atoms with Gasteiger partial charge in [-0.1, -0.05) is 137 Å². The molecule has 5 aromatic carbocycles. The first-order chi connectivity index (χ1) is 22.7. The van der Waals surface area contributed by atoms with Crippen molar-refractivity contribution >= 4 is 80.8 Å². The number of hydrogen-bond acceptors (Lipinski definition) is 3. The number of imide groups is 1. The summed E-state index contributed by atoms with van der Waals surface area (Å²) >= 11 is 25.9. The third kappa shape index (κ3) is 3.93. The van der Waals surface area contributed by atoms with Crippen molar-refractivity contribution in [1.29, 1.82) is 0 Å². The van der Waals surface area contributed by atoms with Crippen LogP contribution in [0.1, 0.15) is 22.3 Å². The number of ketones is 1. The van der Waals surface area contributed by atoms with Crippen molar-refractivity contribution in [3.8, 4) is 0 Å². The van der Waals surface area contributed by atoms with Crippen LogP contribution in [0, 0.1) is 11.8 Å². The second kappa shape index (κ2) is 10.9. The van der Waals surface area contributed by atoms with Crippen LogP contribution in [0.3, 0.4) is 0 Å². The van der Waals surface area contributed by atoms with Crippen molar-refractivity contribution < 1.29 is 14.4 Å². The molecule has 2 bridgehead atoms. The van der Waals surface area contributed by atoms with Gasteiger partial charge >= 0.3 is 0 Å². The molecule has 1 saturated heterocycles. The molecular formula is C39H23Cl4NO3. The number of amides is 2. The number of hydrogen-bond donors (Lipinski definition) is 0. The third-order valence-electron chi connectivity index (χ3n) is 9.89. The van der Waals surface area contributed by atoms with Crippen molar-refractivity contribution in [3.63, 3.8) is 0 Å². The molecule has 0 spiro atoms. The fourth-order valence-electron chi connectivity index (χ4n) is 8.26. The molecule has 2 amide bonds. The number of benzene rings is 5. The van der Waals surface area contributed by atoms with Crippen LogP contribution in [0.4, 0.5) is 5.69 Å². The second-order valence-electron chi connectivity index (χ2n) is 12.0. The number of carbonyl (C=O) groups is 3. The molecule has 230 valence electrons. The van der Waals surface area contributed by atoms with Crippen molar-refractivity contribution in [2.75, 3.05) is 4.90 Å². The van der Waals surface area contributed by atoms with E-state index in [1.807, 2.05) is 60.7 Å². The summed E-state index contributed by atoms with van der Waals surface area (Å²) in [4.78, 5) is 47.2. The Kier molecular flexibility index (Phi) is 7.02. The van der Waals surface area contributed by atoms with E-state index in [9.17, 15) is 0 Å². The van der Waals surface area contributed by atoms with E-state index in [1.165, 1.54) is 0 Å². The highest BCUT2D eigenvalue weighted by Crippen LogP contribution is 2.74. The third-order valence-corrected chi connectivity index (χ3v) is 11.2. The molecule has 3 aliphatic rings. The highest BCUT2D eigenvalue weighted by molar-refractivity contribution is 6.46. The van der Waals surface area contributed by atoms with Gasteiger partial charge in [-0.2, -0.15) is 0 Å². The minimum atomic E-state index is -1.58. The van der Waals surface area contributed by atoms with Crippen LogP contribution >= 0.6 is 46.4 Å². The molecule has 1 saturated carbocycles. The van der Waals surface area contributed by atoms with Crippen LogP contribution in [0.2, 0.25) is 20.1 Å². The molecule has 2 fully saturated rings. The second-order valence-corrected chi connectivity index (χ2v) is 13.6. The molecule has 5 aromatic rings. The average molecular weight is 695 g/mol. The monoisotopic (exact) mass is 693 g/mol. The summed E-state index contributed by atoms with van der Waals surface area (Å²) in [5.41, 5.74) is 1.05. The minimum absolute atomic E-state index is 0.0788. The first-order valence-electron chi connectivity index (χ1n) is 15.0. The average Bonchev–Trinajstić information content (AvgIpc) is 3.59. The molecule has 1 aliphatic heterocycles. The number of allylic oxidation sites excluding steroid dienone is 2. The molecule has 8 heteroatoms. The Balaban J connectivity index is 1.56. The van der Waals surface area contributed by atoms with Crippen LogP contribution in [-0.2, 0) is 25.2 Å². The smallest absolute Gasteiger partial charge is 0.239 e. The fraction of sp³-hybridized carbons (Fsp3) is 0.103. The van der Waals surface area contributed by atoms with Crippen LogP contribution in [-0.4, -0.2) is 17.6 Å². The van der Waals surface area contributed by atoms with E-state index in [0.29, 0.717) is 32.3 Å². The Morgan fingerprint density at radius 2 is 0.915 bits per heavy atom. The molecule has 0 N–H and O–H groups in total. The molecule has 0 unspecified atom stereocenters. The lowest BCUT2D eigenvalue weighted by molar-refractivity contribution is -0.130. The Morgan fingerprint density at radius 3 is 1.34 bits per heavy atom. The van der Waals surface area contributed by atoms with Crippen molar-refractivity contribution in [1.82, 2.24) is 0 Å². The van der Waals surface area contributed by atoms with E-state index in [4.69, 9.17) is 46.4 Å². The maximum Gasteiger partial charge on any atom is 0.239 e. The Labute approximate surface area is 291 Å². The number of rotatable bonds is 5. The van der Waals surface area contributed by atoms with Gasteiger partial charge in [0.15, 0.2) is 5.78 Å². The normalized spacial score (nSPS) is 24.8. The standard InChI is InChI=1S/C39H23Cl4NO3/c40-26-18-14-24(15-19-26)38-30(22-8-3-1-4-9-22)31(23-10-5-2-6-11-23)39(37(38)47,25-16-20-27(41)21-17-25)33-32(38)35(45)44(36(33)46)29-13-7-12-28(42)34(29)43/h1-21,32-33H/t32-,33-,38-,39-/m0/s1. The van der Waals surface area contributed by atoms with Gasteiger partial charge < -0.3 is 0 Å². The molecule has 4 nitrogen and oxygen atoms in total. The topological polar surface area (TPSA) is 54.5 Å². The van der Waals surface area contributed by atoms with Gasteiger partial charge in [-0.3, -0.25) is 14.4 Å². The molecular weight excluding hydrogens is 672 g/mol. The summed E-state index contributed by atoms with van der Waals surface area (Å²) in [6.45, 7) is 0. The maximum absolute atomic E-state index is 15.9. The summed E-state index contributed by atoms with van der Waals surface area (Å²) in [5, 5.41) is 1.23. The van der Waals surface area contributed by atoms with Crippen molar-refractivity contribution in [3.05, 3.63) is 170 Å². The van der Waals surface area contributed by atoms with Gasteiger partial charge in [0.25, 0.3) is 0 Å². The summed E-state index contributed by atoms with van der Waals surface area (Å²) in [5.74, 6) is -3.53. The van der Waals surface area contributed by atoms with Crippen LogP contribution in [0.15, 0.2) is 127 Å². The Hall–Kier alpha value is -4.19. The largest absolute Gasteiger partial charge is 0.297 e. The summed E-state index contributed by atoms with van der Waals surface area (Å²) in [7, 11) is 0. The van der Waals surface area contributed by atoms with E-state index >= 15 is 14.4 Å². The zero-order chi connectivity index (χ0) is 32.7. The van der Waals surface area contributed by atoms with E-state index in [0.717, 1.165) is 16.0 Å². The van der Waals surface area contributed by atoms with E-state index < -0.39 is 34.5 Å². The van der Waals surface area contributed by atoms with Gasteiger partial charge in [0, 0.05) is 10.0 Å². The molecule has 1 heterocycles. The first-order valence-corrected chi connectivity index (χ1v) is 16.5. The minimum Gasteiger partial charge on any atom is -0.297 e. The number of nitrogens with zero attached hydrogens (tertiary/aromatic N) is 1. The predicted molar refractivity (Wildman–Crippen MR) is 187 cm³/mol. The lowest BCUT2D eigenvalue weighted by Crippen LogP contribution is -2.45. The van der Waals surface area contributed by atoms with Gasteiger partial charge in [0.2, 0.25) is 11.8 Å². The zero-order valence-corrected chi connectivity index (χ0v) is 27.5. The zero-order valence-electron chi connectivity index (χ0n) is 24.5. The Bertz CT molecular complexity index is 2020. The number of halogens is 4. The van der Waals surface area contributed by atoms with Crippen LogP contribution < -0.4 is 4.90 Å². The Morgan fingerprint density at radius 1 is 0.489 bits per heavy atom. The summed E-state index contributed by atoms with van der Waals surface area (Å²) in [6.07, 6.45) is 0. The maximum atomic E-state index is 15.9. The van der Waals surface area contributed by atoms with E-state index in [2.05, 4.69) is 0 Å². The van der Waals surface area contributed by atoms with Gasteiger partial charge in [0.05, 0.1) is 38.4 Å². The number of anilines is 1. The lowest BCUT2D eigenvalue weighted by Gasteiger charge is -2.39. The number of Topliss-reactive ketones (excluding diaryl/α,β-unsaturated/α-hetero) is 1. The van der Waals surface area contributed by atoms with Crippen LogP contribution in [0.25, 0.3) is 11.1 Å². The molecule has 0 aromatic heterocycles. The lowest BCUT2D eigenvalue weighted by atomic mass is 9.59. The van der Waals surface area contributed by atoms with E-state index in [-0.39, 0.29) is 21.5 Å². The number of fused-ring (bicyclic) bond motifs is 5. The SMILES string of the molecule is O=C1[C@@H]2[C@@H](C(=O)N1c1cccc(Cl)c1Cl)[C@@]1(c3ccc(Cl)cc3)C(=O)[C@@]2(c2ccc(Cl)cc2)C(c2ccccc2)=C1c1ccccc1. The van der Waals surface area contributed by atoms with Crippen LogP contribution in [0.5, 0.6) is 0 Å². The highest BCUT2D eigenvalue weighted by Gasteiger charge is 2.82.